The van der Waals surface area contributed by atoms with Crippen LogP contribution in [0.4, 0.5) is 5.69 Å². The predicted octanol–water partition coefficient (Wildman–Crippen LogP) is 2.21. The third-order valence-corrected chi connectivity index (χ3v) is 6.12. The maximum Gasteiger partial charge on any atom is 0.251 e. The second-order valence-corrected chi connectivity index (χ2v) is 7.91. The quantitative estimate of drug-likeness (QED) is 0.739. The van der Waals surface area contributed by atoms with E-state index in [1.807, 2.05) is 0 Å². The monoisotopic (exact) mass is 385 g/mol. The van der Waals surface area contributed by atoms with E-state index in [0.717, 1.165) is 32.7 Å². The van der Waals surface area contributed by atoms with E-state index in [4.69, 9.17) is 4.74 Å². The molecule has 4 rings (SSSR count). The molecule has 1 aromatic heterocycles. The topological polar surface area (TPSA) is 53.1 Å². The van der Waals surface area contributed by atoms with Crippen LogP contribution in [-0.2, 0) is 16.1 Å². The standard InChI is InChI=1S/C20H23N3O3S/c1-26-16-6-4-15(5-7-16)23-19(24)13-18(20(23)25)22-10-8-21(9-11-22)14-17-3-2-12-27-17/h2-7,12,18H,8-11,13-14H2,1H3. The molecular weight excluding hydrogens is 362 g/mol. The van der Waals surface area contributed by atoms with Crippen molar-refractivity contribution in [3.8, 4) is 5.75 Å². The van der Waals surface area contributed by atoms with Crippen molar-refractivity contribution in [3.05, 3.63) is 46.7 Å². The van der Waals surface area contributed by atoms with Gasteiger partial charge in [-0.25, -0.2) is 4.90 Å². The second kappa shape index (κ2) is 7.80. The zero-order chi connectivity index (χ0) is 18.8. The number of carbonyl (C=O) groups excluding carboxylic acids is 2. The summed E-state index contributed by atoms with van der Waals surface area (Å²) in [6.07, 6.45) is 0.260. The molecule has 3 heterocycles. The predicted molar refractivity (Wildman–Crippen MR) is 105 cm³/mol. The Balaban J connectivity index is 1.38. The largest absolute Gasteiger partial charge is 0.497 e. The number of amides is 2. The molecule has 2 aromatic rings. The number of hydrogen-bond donors (Lipinski definition) is 0. The van der Waals surface area contributed by atoms with Gasteiger partial charge in [0.25, 0.3) is 5.91 Å². The van der Waals surface area contributed by atoms with Gasteiger partial charge in [0, 0.05) is 37.6 Å². The lowest BCUT2D eigenvalue weighted by Gasteiger charge is -2.36. The van der Waals surface area contributed by atoms with Gasteiger partial charge >= 0.3 is 0 Å². The lowest BCUT2D eigenvalue weighted by Crippen LogP contribution is -2.52. The van der Waals surface area contributed by atoms with Crippen molar-refractivity contribution in [1.29, 1.82) is 0 Å². The van der Waals surface area contributed by atoms with Gasteiger partial charge in [-0.15, -0.1) is 11.3 Å². The molecule has 0 radical (unpaired) electrons. The van der Waals surface area contributed by atoms with Crippen molar-refractivity contribution in [3.63, 3.8) is 0 Å². The Kier molecular flexibility index (Phi) is 5.24. The number of imide groups is 1. The Morgan fingerprint density at radius 2 is 1.81 bits per heavy atom. The number of methoxy groups -OCH3 is 1. The summed E-state index contributed by atoms with van der Waals surface area (Å²) < 4.78 is 5.15. The highest BCUT2D eigenvalue weighted by molar-refractivity contribution is 7.09. The third kappa shape index (κ3) is 3.76. The van der Waals surface area contributed by atoms with E-state index in [1.54, 1.807) is 42.7 Å². The number of carbonyl (C=O) groups is 2. The first kappa shape index (κ1) is 18.2. The number of rotatable bonds is 5. The lowest BCUT2D eigenvalue weighted by molar-refractivity contribution is -0.123. The summed E-state index contributed by atoms with van der Waals surface area (Å²) >= 11 is 1.77. The first-order valence-corrected chi connectivity index (χ1v) is 10.0. The highest BCUT2D eigenvalue weighted by Gasteiger charge is 2.43. The first-order chi connectivity index (χ1) is 13.2. The Morgan fingerprint density at radius 1 is 1.07 bits per heavy atom. The Labute approximate surface area is 162 Å². The summed E-state index contributed by atoms with van der Waals surface area (Å²) in [4.78, 5) is 32.7. The fourth-order valence-electron chi connectivity index (χ4n) is 3.76. The molecule has 0 N–H and O–H groups in total. The van der Waals surface area contributed by atoms with Gasteiger partial charge < -0.3 is 4.74 Å². The molecule has 1 atom stereocenters. The van der Waals surface area contributed by atoms with Crippen LogP contribution in [0.15, 0.2) is 41.8 Å². The summed E-state index contributed by atoms with van der Waals surface area (Å²) in [7, 11) is 1.59. The fourth-order valence-corrected chi connectivity index (χ4v) is 4.51. The summed E-state index contributed by atoms with van der Waals surface area (Å²) in [5, 5.41) is 2.10. The van der Waals surface area contributed by atoms with E-state index in [2.05, 4.69) is 27.3 Å². The Hall–Kier alpha value is -2.22. The Bertz CT molecular complexity index is 798. The van der Waals surface area contributed by atoms with Gasteiger partial charge in [0.1, 0.15) is 5.75 Å². The molecular formula is C20H23N3O3S. The van der Waals surface area contributed by atoms with Gasteiger partial charge in [0.15, 0.2) is 0 Å². The molecule has 1 aromatic carbocycles. The zero-order valence-corrected chi connectivity index (χ0v) is 16.2. The highest BCUT2D eigenvalue weighted by atomic mass is 32.1. The molecule has 0 saturated carbocycles. The number of piperazine rings is 1. The normalized spacial score (nSPS) is 21.8. The first-order valence-electron chi connectivity index (χ1n) is 9.15. The number of ether oxygens (including phenoxy) is 1. The molecule has 2 fully saturated rings. The van der Waals surface area contributed by atoms with Gasteiger partial charge in [-0.3, -0.25) is 19.4 Å². The summed E-state index contributed by atoms with van der Waals surface area (Å²) in [5.74, 6) is 0.462. The minimum absolute atomic E-state index is 0.114. The van der Waals surface area contributed by atoms with Crippen LogP contribution in [0.2, 0.25) is 0 Å². The zero-order valence-electron chi connectivity index (χ0n) is 15.3. The van der Waals surface area contributed by atoms with Crippen molar-refractivity contribution in [1.82, 2.24) is 9.80 Å². The lowest BCUT2D eigenvalue weighted by atomic mass is 10.1. The van der Waals surface area contributed by atoms with Crippen LogP contribution in [0.25, 0.3) is 0 Å². The average Bonchev–Trinajstić information content (AvgIpc) is 3.30. The van der Waals surface area contributed by atoms with Gasteiger partial charge in [-0.1, -0.05) is 6.07 Å². The van der Waals surface area contributed by atoms with E-state index >= 15 is 0 Å². The van der Waals surface area contributed by atoms with Crippen LogP contribution in [0.3, 0.4) is 0 Å². The third-order valence-electron chi connectivity index (χ3n) is 5.26. The molecule has 0 aliphatic carbocycles. The molecule has 27 heavy (non-hydrogen) atoms. The van der Waals surface area contributed by atoms with Crippen LogP contribution in [-0.4, -0.2) is 60.9 Å². The molecule has 7 heteroatoms. The second-order valence-electron chi connectivity index (χ2n) is 6.88. The molecule has 6 nitrogen and oxygen atoms in total. The molecule has 2 saturated heterocycles. The van der Waals surface area contributed by atoms with Crippen molar-refractivity contribution in [2.45, 2.75) is 19.0 Å². The minimum Gasteiger partial charge on any atom is -0.497 e. The maximum atomic E-state index is 12.9. The van der Waals surface area contributed by atoms with Crippen LogP contribution in [0.1, 0.15) is 11.3 Å². The van der Waals surface area contributed by atoms with E-state index in [1.165, 1.54) is 9.78 Å². The molecule has 142 valence electrons. The van der Waals surface area contributed by atoms with Crippen molar-refractivity contribution in [2.24, 2.45) is 0 Å². The highest BCUT2D eigenvalue weighted by Crippen LogP contribution is 2.28. The van der Waals surface area contributed by atoms with Crippen LogP contribution < -0.4 is 9.64 Å². The van der Waals surface area contributed by atoms with Crippen LogP contribution in [0.5, 0.6) is 5.75 Å². The molecule has 2 aliphatic rings. The SMILES string of the molecule is COc1ccc(N2C(=O)CC(N3CCN(Cc4cccs4)CC3)C2=O)cc1. The Morgan fingerprint density at radius 3 is 2.44 bits per heavy atom. The van der Waals surface area contributed by atoms with E-state index in [9.17, 15) is 9.59 Å². The van der Waals surface area contributed by atoms with E-state index < -0.39 is 0 Å². The number of anilines is 1. The smallest absolute Gasteiger partial charge is 0.251 e. The number of thiophene rings is 1. The van der Waals surface area contributed by atoms with Gasteiger partial charge in [0.05, 0.1) is 25.3 Å². The minimum atomic E-state index is -0.344. The van der Waals surface area contributed by atoms with Crippen LogP contribution in [0, 0.1) is 0 Å². The van der Waals surface area contributed by atoms with Crippen molar-refractivity contribution < 1.29 is 14.3 Å². The summed E-state index contributed by atoms with van der Waals surface area (Å²) in [5.41, 5.74) is 0.615. The van der Waals surface area contributed by atoms with Crippen molar-refractivity contribution >= 4 is 28.8 Å². The van der Waals surface area contributed by atoms with Crippen molar-refractivity contribution in [2.75, 3.05) is 38.2 Å². The number of hydrogen-bond acceptors (Lipinski definition) is 6. The molecule has 2 amide bonds. The number of nitrogens with zero attached hydrogens (tertiary/aromatic N) is 3. The van der Waals surface area contributed by atoms with Gasteiger partial charge in [-0.05, 0) is 35.7 Å². The maximum absolute atomic E-state index is 12.9. The molecule has 0 spiro atoms. The van der Waals surface area contributed by atoms with E-state index in [-0.39, 0.29) is 24.3 Å². The molecule has 2 aliphatic heterocycles. The molecule has 0 bridgehead atoms. The van der Waals surface area contributed by atoms with E-state index in [0.29, 0.717) is 11.4 Å². The summed E-state index contributed by atoms with van der Waals surface area (Å²) in [6, 6.07) is 10.9. The van der Waals surface area contributed by atoms with Crippen LogP contribution >= 0.6 is 11.3 Å². The van der Waals surface area contributed by atoms with Gasteiger partial charge in [0.2, 0.25) is 5.91 Å². The summed E-state index contributed by atoms with van der Waals surface area (Å²) in [6.45, 7) is 4.41. The fraction of sp³-hybridized carbons (Fsp3) is 0.400. The van der Waals surface area contributed by atoms with Gasteiger partial charge in [-0.2, -0.15) is 0 Å². The average molecular weight is 385 g/mol. The number of benzene rings is 1. The molecule has 1 unspecified atom stereocenters.